The van der Waals surface area contributed by atoms with Crippen molar-refractivity contribution in [1.82, 2.24) is 20.4 Å². The predicted octanol–water partition coefficient (Wildman–Crippen LogP) is 0.0928. The topological polar surface area (TPSA) is 118 Å². The number of pyridine rings is 1. The summed E-state index contributed by atoms with van der Waals surface area (Å²) in [5.74, 6) is -1.54. The molecule has 0 atom stereocenters. The minimum absolute atomic E-state index is 0.0327. The van der Waals surface area contributed by atoms with Crippen LogP contribution < -0.4 is 5.32 Å². The zero-order valence-corrected chi connectivity index (χ0v) is 9.03. The molecule has 2 N–H and O–H groups in total. The Morgan fingerprint density at radius 2 is 2.22 bits per heavy atom. The zero-order valence-electron chi connectivity index (χ0n) is 9.03. The largest absolute Gasteiger partial charge is 0.478 e. The molecule has 0 aliphatic heterocycles. The van der Waals surface area contributed by atoms with Crippen LogP contribution in [0.1, 0.15) is 26.7 Å². The van der Waals surface area contributed by atoms with E-state index in [0.29, 0.717) is 0 Å². The van der Waals surface area contributed by atoms with Gasteiger partial charge >= 0.3 is 5.97 Å². The summed E-state index contributed by atoms with van der Waals surface area (Å²) in [5.41, 5.74) is -0.323. The molecule has 0 saturated heterocycles. The molecule has 0 saturated carbocycles. The maximum Gasteiger partial charge on any atom is 0.338 e. The summed E-state index contributed by atoms with van der Waals surface area (Å²) in [7, 11) is 0. The van der Waals surface area contributed by atoms with Crippen molar-refractivity contribution >= 4 is 11.9 Å². The molecule has 0 aliphatic rings. The van der Waals surface area contributed by atoms with Gasteiger partial charge in [-0.2, -0.15) is 4.98 Å². The summed E-state index contributed by atoms with van der Waals surface area (Å²) in [6.45, 7) is 0.0327. The van der Waals surface area contributed by atoms with E-state index in [4.69, 9.17) is 5.11 Å². The number of carboxylic acids is 1. The van der Waals surface area contributed by atoms with Crippen LogP contribution in [0.5, 0.6) is 0 Å². The lowest BCUT2D eigenvalue weighted by atomic mass is 10.2. The van der Waals surface area contributed by atoms with Gasteiger partial charge in [0.2, 0.25) is 6.39 Å². The minimum Gasteiger partial charge on any atom is -0.478 e. The fraction of sp³-hybridized carbons (Fsp3) is 0.100. The molecule has 2 aromatic heterocycles. The van der Waals surface area contributed by atoms with Crippen molar-refractivity contribution in [2.75, 3.05) is 0 Å². The number of rotatable bonds is 4. The van der Waals surface area contributed by atoms with Gasteiger partial charge < -0.3 is 14.9 Å². The summed E-state index contributed by atoms with van der Waals surface area (Å²) >= 11 is 0. The van der Waals surface area contributed by atoms with Crippen LogP contribution in [0.2, 0.25) is 0 Å². The number of carboxylic acid groups (broad SMARTS) is 1. The Bertz CT molecular complexity index is 567. The number of nitrogens with one attached hydrogen (secondary N) is 1. The van der Waals surface area contributed by atoms with Gasteiger partial charge in [0.25, 0.3) is 5.91 Å². The average Bonchev–Trinajstić information content (AvgIpc) is 2.89. The quantitative estimate of drug-likeness (QED) is 0.787. The Labute approximate surface area is 101 Å². The van der Waals surface area contributed by atoms with E-state index < -0.39 is 11.9 Å². The maximum atomic E-state index is 11.7. The first-order chi connectivity index (χ1) is 8.68. The van der Waals surface area contributed by atoms with Gasteiger partial charge in [-0.05, 0) is 12.1 Å². The van der Waals surface area contributed by atoms with E-state index in [2.05, 4.69) is 25.0 Å². The molecule has 0 radical (unpaired) electrons. The molecule has 0 bridgehead atoms. The Morgan fingerprint density at radius 3 is 2.89 bits per heavy atom. The van der Waals surface area contributed by atoms with Gasteiger partial charge in [-0.1, -0.05) is 5.16 Å². The van der Waals surface area contributed by atoms with Crippen molar-refractivity contribution in [3.05, 3.63) is 41.8 Å². The molecule has 2 rings (SSSR count). The highest BCUT2D eigenvalue weighted by molar-refractivity contribution is 6.03. The van der Waals surface area contributed by atoms with E-state index in [1.54, 1.807) is 0 Å². The Balaban J connectivity index is 2.11. The number of amides is 1. The summed E-state index contributed by atoms with van der Waals surface area (Å²) in [6.07, 6.45) is 2.47. The summed E-state index contributed by atoms with van der Waals surface area (Å²) in [5, 5.41) is 14.9. The molecule has 0 aromatic carbocycles. The monoisotopic (exact) mass is 248 g/mol. The average molecular weight is 248 g/mol. The number of carbonyl (C=O) groups excluding carboxylic acids is 1. The van der Waals surface area contributed by atoms with Gasteiger partial charge in [0.1, 0.15) is 5.69 Å². The first-order valence-corrected chi connectivity index (χ1v) is 4.90. The molecule has 8 heteroatoms. The number of aromatic carboxylic acids is 1. The molecule has 0 aliphatic carbocycles. The molecular formula is C10H8N4O4. The molecular weight excluding hydrogens is 240 g/mol. The second kappa shape index (κ2) is 5.04. The third kappa shape index (κ3) is 2.48. The smallest absolute Gasteiger partial charge is 0.338 e. The summed E-state index contributed by atoms with van der Waals surface area (Å²) in [6, 6.07) is 2.75. The summed E-state index contributed by atoms with van der Waals surface area (Å²) < 4.78 is 4.49. The third-order valence-corrected chi connectivity index (χ3v) is 2.07. The van der Waals surface area contributed by atoms with Crippen LogP contribution in [0.3, 0.4) is 0 Å². The Kier molecular flexibility index (Phi) is 3.28. The van der Waals surface area contributed by atoms with Crippen molar-refractivity contribution in [3.8, 4) is 0 Å². The van der Waals surface area contributed by atoms with E-state index >= 15 is 0 Å². The third-order valence-electron chi connectivity index (χ3n) is 2.07. The zero-order chi connectivity index (χ0) is 13.0. The van der Waals surface area contributed by atoms with Gasteiger partial charge in [-0.15, -0.1) is 0 Å². The van der Waals surface area contributed by atoms with E-state index in [1.807, 2.05) is 0 Å². The second-order valence-corrected chi connectivity index (χ2v) is 3.23. The molecule has 2 aromatic rings. The minimum atomic E-state index is -1.21. The Hall–Kier alpha value is -2.77. The van der Waals surface area contributed by atoms with E-state index in [9.17, 15) is 9.59 Å². The van der Waals surface area contributed by atoms with Gasteiger partial charge in [-0.25, -0.2) is 4.79 Å². The van der Waals surface area contributed by atoms with E-state index in [1.165, 1.54) is 18.3 Å². The highest BCUT2D eigenvalue weighted by Crippen LogP contribution is 2.05. The second-order valence-electron chi connectivity index (χ2n) is 3.23. The highest BCUT2D eigenvalue weighted by atomic mass is 16.5. The number of hydrogen-bond donors (Lipinski definition) is 2. The van der Waals surface area contributed by atoms with Gasteiger partial charge in [0.05, 0.1) is 12.1 Å². The predicted molar refractivity (Wildman–Crippen MR) is 56.7 cm³/mol. The van der Waals surface area contributed by atoms with Crippen LogP contribution in [-0.4, -0.2) is 32.1 Å². The number of aromatic nitrogens is 3. The molecule has 0 fully saturated rings. The van der Waals surface area contributed by atoms with Crippen LogP contribution in [0.25, 0.3) is 0 Å². The fourth-order valence-corrected chi connectivity index (χ4v) is 1.27. The number of hydrogen-bond acceptors (Lipinski definition) is 6. The van der Waals surface area contributed by atoms with Crippen LogP contribution in [-0.2, 0) is 6.54 Å². The van der Waals surface area contributed by atoms with Crippen molar-refractivity contribution in [1.29, 1.82) is 0 Å². The fourth-order valence-electron chi connectivity index (χ4n) is 1.27. The molecule has 18 heavy (non-hydrogen) atoms. The van der Waals surface area contributed by atoms with Crippen molar-refractivity contribution < 1.29 is 19.2 Å². The van der Waals surface area contributed by atoms with Crippen LogP contribution in [0.15, 0.2) is 29.2 Å². The van der Waals surface area contributed by atoms with Crippen molar-refractivity contribution in [2.24, 2.45) is 0 Å². The van der Waals surface area contributed by atoms with E-state index in [0.717, 1.165) is 6.39 Å². The van der Waals surface area contributed by atoms with Crippen molar-refractivity contribution in [3.63, 3.8) is 0 Å². The standard InChI is InChI=1S/C10H8N4O4/c15-9(12-4-7-13-5-18-14-7)8-6(10(16)17)2-1-3-11-8/h1-3,5H,4H2,(H,12,15)(H,16,17). The lowest BCUT2D eigenvalue weighted by Crippen LogP contribution is -2.26. The van der Waals surface area contributed by atoms with Crippen LogP contribution in [0.4, 0.5) is 0 Å². The molecule has 8 nitrogen and oxygen atoms in total. The van der Waals surface area contributed by atoms with Gasteiger partial charge in [0.15, 0.2) is 5.82 Å². The van der Waals surface area contributed by atoms with Gasteiger partial charge in [-0.3, -0.25) is 9.78 Å². The van der Waals surface area contributed by atoms with Crippen LogP contribution in [0, 0.1) is 0 Å². The van der Waals surface area contributed by atoms with Crippen molar-refractivity contribution in [2.45, 2.75) is 6.54 Å². The number of carbonyl (C=O) groups is 2. The molecule has 2 heterocycles. The normalized spacial score (nSPS) is 10.0. The lowest BCUT2D eigenvalue weighted by molar-refractivity contribution is 0.0690. The maximum absolute atomic E-state index is 11.7. The van der Waals surface area contributed by atoms with Crippen LogP contribution >= 0.6 is 0 Å². The lowest BCUT2D eigenvalue weighted by Gasteiger charge is -2.04. The van der Waals surface area contributed by atoms with E-state index in [-0.39, 0.29) is 23.6 Å². The highest BCUT2D eigenvalue weighted by Gasteiger charge is 2.17. The number of nitrogens with zero attached hydrogens (tertiary/aromatic N) is 3. The molecule has 1 amide bonds. The first kappa shape index (κ1) is 11.7. The Morgan fingerprint density at radius 1 is 1.39 bits per heavy atom. The molecule has 0 spiro atoms. The summed E-state index contributed by atoms with van der Waals surface area (Å²) in [4.78, 5) is 30.1. The molecule has 92 valence electrons. The SMILES string of the molecule is O=C(O)c1cccnc1C(=O)NCc1ncon1. The first-order valence-electron chi connectivity index (χ1n) is 4.90. The van der Waals surface area contributed by atoms with Gasteiger partial charge in [0, 0.05) is 6.20 Å². The molecule has 0 unspecified atom stereocenters.